The maximum absolute atomic E-state index is 12.6. The molecule has 0 saturated carbocycles. The molecule has 30 heavy (non-hydrogen) atoms. The molecule has 1 N–H and O–H groups in total. The van der Waals surface area contributed by atoms with E-state index in [1.807, 2.05) is 11.5 Å². The minimum atomic E-state index is -0.594. The quantitative estimate of drug-likeness (QED) is 0.429. The third-order valence-electron chi connectivity index (χ3n) is 4.02. The van der Waals surface area contributed by atoms with Crippen LogP contribution in [0.25, 0.3) is 0 Å². The minimum absolute atomic E-state index is 0.0792. The first kappa shape index (κ1) is 23.9. The van der Waals surface area contributed by atoms with Gasteiger partial charge in [0.05, 0.1) is 24.5 Å². The highest BCUT2D eigenvalue weighted by Gasteiger charge is 2.27. The summed E-state index contributed by atoms with van der Waals surface area (Å²) in [6.45, 7) is 10.1. The van der Waals surface area contributed by atoms with E-state index in [2.05, 4.69) is 22.4 Å². The SMILES string of the molecule is CCCn1c(C)nnc1SCC(=O)Nc1sc(C(=O)OCC)c(C)c1C(=O)OCC. The molecule has 2 heterocycles. The van der Waals surface area contributed by atoms with Crippen LogP contribution in [0.3, 0.4) is 0 Å². The topological polar surface area (TPSA) is 112 Å². The molecule has 0 aromatic carbocycles. The van der Waals surface area contributed by atoms with Crippen molar-refractivity contribution in [3.8, 4) is 0 Å². The molecular formula is C19H26N4O5S2. The summed E-state index contributed by atoms with van der Waals surface area (Å²) in [5.74, 6) is -0.592. The zero-order valence-electron chi connectivity index (χ0n) is 17.7. The Bertz CT molecular complexity index is 922. The summed E-state index contributed by atoms with van der Waals surface area (Å²) in [4.78, 5) is 37.4. The first-order valence-electron chi connectivity index (χ1n) is 9.63. The summed E-state index contributed by atoms with van der Waals surface area (Å²) in [5, 5.41) is 11.8. The summed E-state index contributed by atoms with van der Waals surface area (Å²) in [6, 6.07) is 0. The van der Waals surface area contributed by atoms with Gasteiger partial charge in [0.25, 0.3) is 0 Å². The third-order valence-corrected chi connectivity index (χ3v) is 6.18. The molecule has 0 spiro atoms. The number of rotatable bonds is 10. The van der Waals surface area contributed by atoms with E-state index in [1.54, 1.807) is 20.8 Å². The molecule has 2 aromatic rings. The first-order chi connectivity index (χ1) is 14.3. The molecule has 0 unspecified atom stereocenters. The fourth-order valence-corrected chi connectivity index (χ4v) is 4.60. The van der Waals surface area contributed by atoms with Crippen LogP contribution in [-0.4, -0.2) is 51.6 Å². The van der Waals surface area contributed by atoms with Gasteiger partial charge in [0.1, 0.15) is 15.7 Å². The van der Waals surface area contributed by atoms with E-state index in [0.717, 1.165) is 30.1 Å². The first-order valence-corrected chi connectivity index (χ1v) is 11.4. The van der Waals surface area contributed by atoms with Gasteiger partial charge in [0.2, 0.25) is 5.91 Å². The van der Waals surface area contributed by atoms with E-state index in [9.17, 15) is 14.4 Å². The van der Waals surface area contributed by atoms with Crippen molar-refractivity contribution in [2.45, 2.75) is 52.7 Å². The Morgan fingerprint density at radius 1 is 1.07 bits per heavy atom. The maximum Gasteiger partial charge on any atom is 0.348 e. The number of hydrogen-bond acceptors (Lipinski definition) is 9. The van der Waals surface area contributed by atoms with Crippen LogP contribution >= 0.6 is 23.1 Å². The van der Waals surface area contributed by atoms with Gasteiger partial charge in [-0.1, -0.05) is 18.7 Å². The summed E-state index contributed by atoms with van der Waals surface area (Å²) < 4.78 is 12.1. The van der Waals surface area contributed by atoms with E-state index >= 15 is 0 Å². The predicted octanol–water partition coefficient (Wildman–Crippen LogP) is 3.45. The molecule has 0 bridgehead atoms. The van der Waals surface area contributed by atoms with E-state index in [-0.39, 0.29) is 40.3 Å². The predicted molar refractivity (Wildman–Crippen MR) is 115 cm³/mol. The molecule has 0 aliphatic heterocycles. The van der Waals surface area contributed by atoms with E-state index < -0.39 is 11.9 Å². The van der Waals surface area contributed by atoms with Crippen molar-refractivity contribution < 1.29 is 23.9 Å². The molecule has 0 aliphatic carbocycles. The second-order valence-electron chi connectivity index (χ2n) is 6.22. The highest BCUT2D eigenvalue weighted by Crippen LogP contribution is 2.34. The summed E-state index contributed by atoms with van der Waals surface area (Å²) in [6.07, 6.45) is 0.923. The number of aryl methyl sites for hydroxylation is 1. The third kappa shape index (κ3) is 5.60. The Hall–Kier alpha value is -2.40. The lowest BCUT2D eigenvalue weighted by Crippen LogP contribution is -2.17. The number of thioether (sulfide) groups is 1. The Morgan fingerprint density at radius 2 is 1.73 bits per heavy atom. The van der Waals surface area contributed by atoms with Crippen LogP contribution in [0.2, 0.25) is 0 Å². The summed E-state index contributed by atoms with van der Waals surface area (Å²) in [5.41, 5.74) is 0.603. The van der Waals surface area contributed by atoms with E-state index in [0.29, 0.717) is 10.7 Å². The standard InChI is InChI=1S/C19H26N4O5S2/c1-6-9-23-12(5)21-22-19(23)29-10-13(24)20-16-14(17(25)27-7-2)11(4)15(30-16)18(26)28-8-3/h6-10H2,1-5H3,(H,20,24). The second kappa shape index (κ2) is 11.1. The lowest BCUT2D eigenvalue weighted by atomic mass is 10.1. The largest absolute Gasteiger partial charge is 0.462 e. The number of thiophene rings is 1. The number of ether oxygens (including phenoxy) is 2. The van der Waals surface area contributed by atoms with Crippen LogP contribution in [0, 0.1) is 13.8 Å². The van der Waals surface area contributed by atoms with Crippen molar-refractivity contribution in [2.24, 2.45) is 0 Å². The Morgan fingerprint density at radius 3 is 2.37 bits per heavy atom. The lowest BCUT2D eigenvalue weighted by Gasteiger charge is -2.08. The summed E-state index contributed by atoms with van der Waals surface area (Å²) in [7, 11) is 0. The minimum Gasteiger partial charge on any atom is -0.462 e. The van der Waals surface area contributed by atoms with Gasteiger partial charge in [-0.05, 0) is 39.7 Å². The van der Waals surface area contributed by atoms with Gasteiger partial charge in [-0.25, -0.2) is 9.59 Å². The molecule has 0 radical (unpaired) electrons. The van der Waals surface area contributed by atoms with Gasteiger partial charge >= 0.3 is 11.9 Å². The molecule has 0 fully saturated rings. The van der Waals surface area contributed by atoms with Crippen molar-refractivity contribution in [1.29, 1.82) is 0 Å². The average molecular weight is 455 g/mol. The average Bonchev–Trinajstić information content (AvgIpc) is 3.21. The highest BCUT2D eigenvalue weighted by atomic mass is 32.2. The van der Waals surface area contributed by atoms with Crippen LogP contribution in [-0.2, 0) is 20.8 Å². The number of hydrogen-bond donors (Lipinski definition) is 1. The molecule has 1 amide bonds. The zero-order chi connectivity index (χ0) is 22.3. The number of carbonyl (C=O) groups is 3. The van der Waals surface area contributed by atoms with Crippen molar-refractivity contribution in [3.05, 3.63) is 21.8 Å². The van der Waals surface area contributed by atoms with Crippen LogP contribution in [0.15, 0.2) is 5.16 Å². The van der Waals surface area contributed by atoms with Crippen molar-refractivity contribution in [2.75, 3.05) is 24.3 Å². The van der Waals surface area contributed by atoms with Crippen LogP contribution in [0.1, 0.15) is 58.6 Å². The number of amides is 1. The van der Waals surface area contributed by atoms with Crippen LogP contribution in [0.4, 0.5) is 5.00 Å². The fourth-order valence-electron chi connectivity index (χ4n) is 2.68. The number of anilines is 1. The van der Waals surface area contributed by atoms with Crippen molar-refractivity contribution in [3.63, 3.8) is 0 Å². The molecule has 0 saturated heterocycles. The highest BCUT2D eigenvalue weighted by molar-refractivity contribution is 7.99. The maximum atomic E-state index is 12.6. The normalized spacial score (nSPS) is 10.7. The molecular weight excluding hydrogens is 428 g/mol. The number of nitrogens with one attached hydrogen (secondary N) is 1. The summed E-state index contributed by atoms with van der Waals surface area (Å²) >= 11 is 2.26. The van der Waals surface area contributed by atoms with Crippen molar-refractivity contribution in [1.82, 2.24) is 14.8 Å². The molecule has 2 aromatic heterocycles. The molecule has 11 heteroatoms. The van der Waals surface area contributed by atoms with Gasteiger partial charge in [-0.15, -0.1) is 21.5 Å². The smallest absolute Gasteiger partial charge is 0.348 e. The van der Waals surface area contributed by atoms with Gasteiger partial charge < -0.3 is 19.4 Å². The Kier molecular flexibility index (Phi) is 8.85. The van der Waals surface area contributed by atoms with Crippen LogP contribution < -0.4 is 5.32 Å². The number of carbonyl (C=O) groups excluding carboxylic acids is 3. The zero-order valence-corrected chi connectivity index (χ0v) is 19.4. The number of esters is 2. The fraction of sp³-hybridized carbons (Fsp3) is 0.526. The Labute approximate surface area is 183 Å². The molecule has 164 valence electrons. The number of aromatic nitrogens is 3. The monoisotopic (exact) mass is 454 g/mol. The number of nitrogens with zero attached hydrogens (tertiary/aromatic N) is 3. The lowest BCUT2D eigenvalue weighted by molar-refractivity contribution is -0.113. The Balaban J connectivity index is 2.19. The van der Waals surface area contributed by atoms with Gasteiger partial charge in [-0.3, -0.25) is 4.79 Å². The molecule has 9 nitrogen and oxygen atoms in total. The second-order valence-corrected chi connectivity index (χ2v) is 8.18. The van der Waals surface area contributed by atoms with E-state index in [4.69, 9.17) is 9.47 Å². The molecule has 2 rings (SSSR count). The van der Waals surface area contributed by atoms with Gasteiger partial charge in [0.15, 0.2) is 5.16 Å². The van der Waals surface area contributed by atoms with Crippen LogP contribution in [0.5, 0.6) is 0 Å². The molecule has 0 atom stereocenters. The van der Waals surface area contributed by atoms with Gasteiger partial charge in [-0.2, -0.15) is 0 Å². The van der Waals surface area contributed by atoms with Crippen molar-refractivity contribution >= 4 is 45.9 Å². The van der Waals surface area contributed by atoms with Gasteiger partial charge in [0, 0.05) is 6.54 Å². The molecule has 0 aliphatic rings. The van der Waals surface area contributed by atoms with E-state index in [1.165, 1.54) is 11.8 Å².